The molecule has 1 aromatic carbocycles. The number of carbonyl (C=O) groups is 1. The first-order chi connectivity index (χ1) is 11.0. The van der Waals surface area contributed by atoms with Gasteiger partial charge in [-0.3, -0.25) is 4.68 Å². The molecule has 2 aromatic rings. The molecule has 1 heterocycles. The number of nitrogens with zero attached hydrogens (tertiary/aromatic N) is 2. The molecule has 0 aliphatic rings. The van der Waals surface area contributed by atoms with E-state index in [9.17, 15) is 4.79 Å². The Hall–Kier alpha value is -2.21. The topological polar surface area (TPSA) is 68.2 Å². The lowest BCUT2D eigenvalue weighted by Gasteiger charge is -2.16. The van der Waals surface area contributed by atoms with Crippen molar-refractivity contribution in [2.45, 2.75) is 26.3 Å². The zero-order valence-electron chi connectivity index (χ0n) is 13.5. The molecule has 0 saturated heterocycles. The molecule has 2 rings (SSSR count). The van der Waals surface area contributed by atoms with Gasteiger partial charge < -0.3 is 15.4 Å². The highest BCUT2D eigenvalue weighted by atomic mass is 35.5. The minimum absolute atomic E-state index is 0.0955. The minimum atomic E-state index is -0.291. The molecule has 2 amide bonds. The van der Waals surface area contributed by atoms with Gasteiger partial charge in [0.15, 0.2) is 0 Å². The third-order valence-corrected chi connectivity index (χ3v) is 3.63. The molecule has 1 aromatic heterocycles. The number of hydrogen-bond acceptors (Lipinski definition) is 3. The van der Waals surface area contributed by atoms with Crippen molar-refractivity contribution in [2.24, 2.45) is 7.05 Å². The summed E-state index contributed by atoms with van der Waals surface area (Å²) in [6.07, 6.45) is 4.41. The van der Waals surface area contributed by atoms with E-state index in [1.807, 2.05) is 27.1 Å². The van der Waals surface area contributed by atoms with Crippen molar-refractivity contribution in [3.05, 3.63) is 41.2 Å². The summed E-state index contributed by atoms with van der Waals surface area (Å²) in [6.45, 7) is 4.43. The molecule has 1 unspecified atom stereocenters. The Morgan fingerprint density at radius 2 is 2.22 bits per heavy atom. The van der Waals surface area contributed by atoms with E-state index in [-0.39, 0.29) is 12.1 Å². The van der Waals surface area contributed by atoms with Crippen LogP contribution in [0.25, 0.3) is 0 Å². The number of benzene rings is 1. The number of nitrogens with one attached hydrogen (secondary N) is 2. The second-order valence-electron chi connectivity index (χ2n) is 5.08. The van der Waals surface area contributed by atoms with Gasteiger partial charge in [0.25, 0.3) is 0 Å². The van der Waals surface area contributed by atoms with Crippen LogP contribution >= 0.6 is 11.6 Å². The minimum Gasteiger partial charge on any atom is -0.492 e. The predicted octanol–water partition coefficient (Wildman–Crippen LogP) is 3.75. The lowest BCUT2D eigenvalue weighted by atomic mass is 10.1. The highest BCUT2D eigenvalue weighted by Crippen LogP contribution is 2.27. The molecule has 0 radical (unpaired) electrons. The fraction of sp³-hybridized carbons (Fsp3) is 0.375. The molecule has 0 fully saturated rings. The van der Waals surface area contributed by atoms with Crippen LogP contribution in [-0.2, 0) is 7.05 Å². The molecular formula is C16H21ClN4O2. The van der Waals surface area contributed by atoms with Gasteiger partial charge in [0.05, 0.1) is 23.9 Å². The molecule has 0 bridgehead atoms. The van der Waals surface area contributed by atoms with Gasteiger partial charge in [0.2, 0.25) is 0 Å². The van der Waals surface area contributed by atoms with Crippen LogP contribution in [0.15, 0.2) is 30.6 Å². The highest BCUT2D eigenvalue weighted by Gasteiger charge is 2.14. The van der Waals surface area contributed by atoms with Crippen molar-refractivity contribution >= 4 is 23.3 Å². The molecular weight excluding hydrogens is 316 g/mol. The number of aromatic nitrogens is 2. The zero-order valence-corrected chi connectivity index (χ0v) is 14.2. The first-order valence-corrected chi connectivity index (χ1v) is 7.89. The number of carbonyl (C=O) groups excluding carboxylic acids is 1. The van der Waals surface area contributed by atoms with Gasteiger partial charge in [-0.2, -0.15) is 5.10 Å². The Bertz CT molecular complexity index is 672. The summed E-state index contributed by atoms with van der Waals surface area (Å²) >= 11 is 6.12. The van der Waals surface area contributed by atoms with Gasteiger partial charge in [0.1, 0.15) is 5.75 Å². The van der Waals surface area contributed by atoms with E-state index in [2.05, 4.69) is 15.7 Å². The second-order valence-corrected chi connectivity index (χ2v) is 5.49. The average molecular weight is 337 g/mol. The maximum Gasteiger partial charge on any atom is 0.319 e. The largest absolute Gasteiger partial charge is 0.492 e. The van der Waals surface area contributed by atoms with E-state index in [1.54, 1.807) is 29.1 Å². The summed E-state index contributed by atoms with van der Waals surface area (Å²) in [7, 11) is 1.85. The second kappa shape index (κ2) is 7.87. The van der Waals surface area contributed by atoms with Crippen molar-refractivity contribution in [3.63, 3.8) is 0 Å². The van der Waals surface area contributed by atoms with Gasteiger partial charge in [-0.1, -0.05) is 18.5 Å². The third-order valence-electron chi connectivity index (χ3n) is 3.33. The van der Waals surface area contributed by atoms with Crippen LogP contribution in [-0.4, -0.2) is 22.4 Å². The molecule has 23 heavy (non-hydrogen) atoms. The Morgan fingerprint density at radius 3 is 2.78 bits per heavy atom. The summed E-state index contributed by atoms with van der Waals surface area (Å²) in [5.74, 6) is 0.599. The van der Waals surface area contributed by atoms with E-state index >= 15 is 0 Å². The van der Waals surface area contributed by atoms with Crippen molar-refractivity contribution in [3.8, 4) is 5.75 Å². The number of rotatable bonds is 6. The normalized spacial score (nSPS) is 11.8. The number of ether oxygens (including phenoxy) is 1. The van der Waals surface area contributed by atoms with Crippen LogP contribution in [0.5, 0.6) is 5.75 Å². The number of urea groups is 1. The molecule has 124 valence electrons. The van der Waals surface area contributed by atoms with E-state index in [0.29, 0.717) is 23.1 Å². The number of aryl methyl sites for hydroxylation is 1. The van der Waals surface area contributed by atoms with E-state index in [4.69, 9.17) is 16.3 Å². The monoisotopic (exact) mass is 336 g/mol. The van der Waals surface area contributed by atoms with Gasteiger partial charge >= 0.3 is 6.03 Å². The Balaban J connectivity index is 1.99. The van der Waals surface area contributed by atoms with Crippen LogP contribution in [0.1, 0.15) is 31.9 Å². The SMILES string of the molecule is CCOc1ccc(NC(=O)NC(CC)c2cnn(C)c2)cc1Cl. The molecule has 0 spiro atoms. The smallest absolute Gasteiger partial charge is 0.319 e. The third kappa shape index (κ3) is 4.63. The summed E-state index contributed by atoms with van der Waals surface area (Å²) in [4.78, 5) is 12.2. The van der Waals surface area contributed by atoms with Gasteiger partial charge in [-0.25, -0.2) is 4.79 Å². The predicted molar refractivity (Wildman–Crippen MR) is 91.0 cm³/mol. The number of amides is 2. The standard InChI is InChI=1S/C16H21ClN4O2/c1-4-14(11-9-18-21(3)10-11)20-16(22)19-12-6-7-15(23-5-2)13(17)8-12/h6-10,14H,4-5H2,1-3H3,(H2,19,20,22). The molecule has 0 aliphatic heterocycles. The molecule has 0 saturated carbocycles. The fourth-order valence-corrected chi connectivity index (χ4v) is 2.45. The number of halogens is 1. The molecule has 6 nitrogen and oxygen atoms in total. The van der Waals surface area contributed by atoms with Crippen molar-refractivity contribution < 1.29 is 9.53 Å². The molecule has 1 atom stereocenters. The van der Waals surface area contributed by atoms with Crippen molar-refractivity contribution in [2.75, 3.05) is 11.9 Å². The Labute approximate surface area is 140 Å². The van der Waals surface area contributed by atoms with Gasteiger partial charge in [-0.05, 0) is 31.5 Å². The lowest BCUT2D eigenvalue weighted by Crippen LogP contribution is -2.32. The van der Waals surface area contributed by atoms with E-state index in [0.717, 1.165) is 12.0 Å². The highest BCUT2D eigenvalue weighted by molar-refractivity contribution is 6.32. The summed E-state index contributed by atoms with van der Waals surface area (Å²) < 4.78 is 7.08. The molecule has 0 aliphatic carbocycles. The fourth-order valence-electron chi connectivity index (χ4n) is 2.22. The van der Waals surface area contributed by atoms with Crippen LogP contribution < -0.4 is 15.4 Å². The Kier molecular flexibility index (Phi) is 5.87. The quantitative estimate of drug-likeness (QED) is 0.844. The van der Waals surface area contributed by atoms with Crippen LogP contribution in [0, 0.1) is 0 Å². The maximum atomic E-state index is 12.2. The van der Waals surface area contributed by atoms with Crippen molar-refractivity contribution in [1.82, 2.24) is 15.1 Å². The van der Waals surface area contributed by atoms with Gasteiger partial charge in [-0.15, -0.1) is 0 Å². The van der Waals surface area contributed by atoms with Crippen LogP contribution in [0.4, 0.5) is 10.5 Å². The van der Waals surface area contributed by atoms with E-state index < -0.39 is 0 Å². The van der Waals surface area contributed by atoms with Crippen LogP contribution in [0.2, 0.25) is 5.02 Å². The zero-order chi connectivity index (χ0) is 16.8. The molecule has 2 N–H and O–H groups in total. The average Bonchev–Trinajstić information content (AvgIpc) is 2.94. The number of anilines is 1. The van der Waals surface area contributed by atoms with Gasteiger partial charge in [0, 0.05) is 24.5 Å². The maximum absolute atomic E-state index is 12.2. The van der Waals surface area contributed by atoms with E-state index in [1.165, 1.54) is 0 Å². The first-order valence-electron chi connectivity index (χ1n) is 7.51. The summed E-state index contributed by atoms with van der Waals surface area (Å²) in [6, 6.07) is 4.76. The van der Waals surface area contributed by atoms with Crippen LogP contribution in [0.3, 0.4) is 0 Å². The first kappa shape index (κ1) is 17.1. The van der Waals surface area contributed by atoms with Crippen molar-refractivity contribution in [1.29, 1.82) is 0 Å². The lowest BCUT2D eigenvalue weighted by molar-refractivity contribution is 0.248. The Morgan fingerprint density at radius 1 is 1.43 bits per heavy atom. The summed E-state index contributed by atoms with van der Waals surface area (Å²) in [5.41, 5.74) is 1.58. The summed E-state index contributed by atoms with van der Waals surface area (Å²) in [5, 5.41) is 10.3. The number of hydrogen-bond donors (Lipinski definition) is 2. The molecule has 7 heteroatoms.